The standard InChI is InChI=1S/C27H41N3O4/c1-28(2)27(22-7-4-3-5-8-22)13-11-24(12-14-27)19-29(20-26(33)15-17-34-18-16-26)23(31)30(24)21-25(32)9-6-10-25/h3-5,7-8,32-33H,6,9-21H2,1-2H3. The number of aliphatic hydroxyl groups is 2. The predicted octanol–water partition coefficient (Wildman–Crippen LogP) is 2.95. The van der Waals surface area contributed by atoms with Gasteiger partial charge in [0.05, 0.1) is 29.8 Å². The number of urea groups is 1. The van der Waals surface area contributed by atoms with Crippen molar-refractivity contribution in [3.8, 4) is 0 Å². The van der Waals surface area contributed by atoms with Crippen LogP contribution in [0.2, 0.25) is 0 Å². The SMILES string of the molecule is CN(C)C1(c2ccccc2)CCC2(CC1)CN(CC1(O)CCOCC1)C(=O)N2CC1(O)CCC1. The van der Waals surface area contributed by atoms with Crippen molar-refractivity contribution in [2.75, 3.05) is 46.9 Å². The molecule has 2 saturated carbocycles. The molecular weight excluding hydrogens is 430 g/mol. The van der Waals surface area contributed by atoms with Gasteiger partial charge in [-0.1, -0.05) is 30.3 Å². The highest BCUT2D eigenvalue weighted by atomic mass is 16.5. The molecule has 4 aliphatic rings. The molecule has 2 amide bonds. The maximum Gasteiger partial charge on any atom is 0.320 e. The van der Waals surface area contributed by atoms with E-state index >= 15 is 0 Å². The molecule has 7 heteroatoms. The van der Waals surface area contributed by atoms with E-state index in [0.29, 0.717) is 45.7 Å². The number of carbonyl (C=O) groups excluding carboxylic acids is 1. The molecule has 188 valence electrons. The maximum absolute atomic E-state index is 13.8. The number of benzene rings is 1. The Labute approximate surface area is 203 Å². The molecule has 2 aliphatic carbocycles. The summed E-state index contributed by atoms with van der Waals surface area (Å²) in [6, 6.07) is 10.7. The van der Waals surface area contributed by atoms with Crippen LogP contribution in [0.3, 0.4) is 0 Å². The van der Waals surface area contributed by atoms with Crippen LogP contribution in [0.25, 0.3) is 0 Å². The first-order valence-electron chi connectivity index (χ1n) is 13.0. The molecule has 0 radical (unpaired) electrons. The Hall–Kier alpha value is -1.67. The lowest BCUT2D eigenvalue weighted by atomic mass is 9.67. The van der Waals surface area contributed by atoms with E-state index in [4.69, 9.17) is 4.74 Å². The minimum Gasteiger partial charge on any atom is -0.388 e. The van der Waals surface area contributed by atoms with Crippen LogP contribution in [0.1, 0.15) is 63.4 Å². The third kappa shape index (κ3) is 4.15. The van der Waals surface area contributed by atoms with Gasteiger partial charge in [-0.2, -0.15) is 0 Å². The van der Waals surface area contributed by atoms with Gasteiger partial charge in [-0.05, 0) is 64.6 Å². The van der Waals surface area contributed by atoms with Gasteiger partial charge in [0.25, 0.3) is 0 Å². The van der Waals surface area contributed by atoms with Crippen molar-refractivity contribution >= 4 is 6.03 Å². The zero-order chi connectivity index (χ0) is 24.0. The maximum atomic E-state index is 13.8. The van der Waals surface area contributed by atoms with Gasteiger partial charge in [0.2, 0.25) is 0 Å². The summed E-state index contributed by atoms with van der Waals surface area (Å²) in [6.07, 6.45) is 7.36. The highest BCUT2D eigenvalue weighted by Crippen LogP contribution is 2.50. The van der Waals surface area contributed by atoms with Crippen molar-refractivity contribution in [2.45, 2.75) is 80.1 Å². The van der Waals surface area contributed by atoms with Gasteiger partial charge < -0.3 is 24.7 Å². The van der Waals surface area contributed by atoms with E-state index in [1.54, 1.807) is 0 Å². The predicted molar refractivity (Wildman–Crippen MR) is 130 cm³/mol. The number of nitrogens with zero attached hydrogens (tertiary/aromatic N) is 3. The average Bonchev–Trinajstić information content (AvgIpc) is 3.04. The molecule has 7 nitrogen and oxygen atoms in total. The molecule has 2 heterocycles. The number of hydrogen-bond donors (Lipinski definition) is 2. The van der Waals surface area contributed by atoms with Crippen LogP contribution < -0.4 is 0 Å². The van der Waals surface area contributed by atoms with Crippen LogP contribution in [0, 0.1) is 0 Å². The molecule has 2 aliphatic heterocycles. The second-order valence-electron chi connectivity index (χ2n) is 11.7. The lowest BCUT2D eigenvalue weighted by molar-refractivity contribution is -0.0745. The van der Waals surface area contributed by atoms with E-state index in [-0.39, 0.29) is 17.1 Å². The molecule has 0 unspecified atom stereocenters. The van der Waals surface area contributed by atoms with Gasteiger partial charge in [0.15, 0.2) is 0 Å². The second kappa shape index (κ2) is 8.77. The van der Waals surface area contributed by atoms with Gasteiger partial charge in [0.1, 0.15) is 0 Å². The molecule has 1 spiro atoms. The molecule has 5 rings (SSSR count). The van der Waals surface area contributed by atoms with Gasteiger partial charge in [-0.25, -0.2) is 4.79 Å². The molecule has 34 heavy (non-hydrogen) atoms. The van der Waals surface area contributed by atoms with Crippen molar-refractivity contribution in [3.63, 3.8) is 0 Å². The molecular formula is C27H41N3O4. The molecule has 4 fully saturated rings. The van der Waals surface area contributed by atoms with Gasteiger partial charge in [-0.3, -0.25) is 4.90 Å². The summed E-state index contributed by atoms with van der Waals surface area (Å²) in [5.74, 6) is 0. The highest BCUT2D eigenvalue weighted by molar-refractivity contribution is 5.78. The molecule has 0 atom stereocenters. The summed E-state index contributed by atoms with van der Waals surface area (Å²) < 4.78 is 5.45. The molecule has 1 aromatic rings. The first-order valence-corrected chi connectivity index (χ1v) is 13.0. The van der Waals surface area contributed by atoms with Crippen molar-refractivity contribution in [2.24, 2.45) is 0 Å². The van der Waals surface area contributed by atoms with E-state index in [1.165, 1.54) is 5.56 Å². The van der Waals surface area contributed by atoms with E-state index < -0.39 is 11.2 Å². The van der Waals surface area contributed by atoms with Crippen LogP contribution in [-0.4, -0.2) is 94.6 Å². The number of amides is 2. The van der Waals surface area contributed by atoms with Crippen LogP contribution in [0.4, 0.5) is 4.79 Å². The van der Waals surface area contributed by atoms with E-state index in [2.05, 4.69) is 49.3 Å². The Morgan fingerprint density at radius 3 is 2.06 bits per heavy atom. The molecule has 1 aromatic carbocycles. The van der Waals surface area contributed by atoms with Crippen LogP contribution in [0.5, 0.6) is 0 Å². The van der Waals surface area contributed by atoms with Gasteiger partial charge in [-0.15, -0.1) is 0 Å². The number of β-amino-alcohol motifs (C(OH)–C–C–N with tert-alkyl or cyclic N) is 2. The summed E-state index contributed by atoms with van der Waals surface area (Å²) >= 11 is 0. The monoisotopic (exact) mass is 471 g/mol. The lowest BCUT2D eigenvalue weighted by Crippen LogP contribution is -2.59. The zero-order valence-corrected chi connectivity index (χ0v) is 20.8. The van der Waals surface area contributed by atoms with E-state index in [0.717, 1.165) is 44.9 Å². The van der Waals surface area contributed by atoms with Crippen molar-refractivity contribution in [3.05, 3.63) is 35.9 Å². The van der Waals surface area contributed by atoms with Crippen molar-refractivity contribution < 1.29 is 19.7 Å². The van der Waals surface area contributed by atoms with Crippen molar-refractivity contribution in [1.82, 2.24) is 14.7 Å². The molecule has 2 saturated heterocycles. The number of rotatable bonds is 6. The zero-order valence-electron chi connectivity index (χ0n) is 20.8. The fourth-order valence-electron chi connectivity index (χ4n) is 6.84. The van der Waals surface area contributed by atoms with Gasteiger partial charge in [0, 0.05) is 38.1 Å². The van der Waals surface area contributed by atoms with E-state index in [1.807, 2.05) is 9.80 Å². The summed E-state index contributed by atoms with van der Waals surface area (Å²) in [7, 11) is 4.32. The molecule has 0 aromatic heterocycles. The number of hydrogen-bond acceptors (Lipinski definition) is 5. The molecule has 2 N–H and O–H groups in total. The lowest BCUT2D eigenvalue weighted by Gasteiger charge is -2.52. The second-order valence-corrected chi connectivity index (χ2v) is 11.7. The minimum absolute atomic E-state index is 0.0164. The van der Waals surface area contributed by atoms with Crippen LogP contribution in [0.15, 0.2) is 30.3 Å². The quantitative estimate of drug-likeness (QED) is 0.667. The highest BCUT2D eigenvalue weighted by Gasteiger charge is 2.57. The van der Waals surface area contributed by atoms with Crippen LogP contribution in [-0.2, 0) is 10.3 Å². The first-order chi connectivity index (χ1) is 16.2. The Bertz CT molecular complexity index is 871. The van der Waals surface area contributed by atoms with Gasteiger partial charge >= 0.3 is 6.03 Å². The van der Waals surface area contributed by atoms with E-state index in [9.17, 15) is 15.0 Å². The normalized spacial score (nSPS) is 32.9. The largest absolute Gasteiger partial charge is 0.388 e. The minimum atomic E-state index is -0.884. The molecule has 0 bridgehead atoms. The summed E-state index contributed by atoms with van der Waals surface area (Å²) in [5.41, 5.74) is -0.662. The Morgan fingerprint density at radius 1 is 0.882 bits per heavy atom. The average molecular weight is 472 g/mol. The fourth-order valence-corrected chi connectivity index (χ4v) is 6.84. The fraction of sp³-hybridized carbons (Fsp3) is 0.741. The summed E-state index contributed by atoms with van der Waals surface area (Å²) in [6.45, 7) is 2.46. The third-order valence-electron chi connectivity index (χ3n) is 9.38. The summed E-state index contributed by atoms with van der Waals surface area (Å²) in [5, 5.41) is 22.2. The number of carbonyl (C=O) groups is 1. The Kier molecular flexibility index (Phi) is 6.20. The number of ether oxygens (including phenoxy) is 1. The first kappa shape index (κ1) is 24.0. The van der Waals surface area contributed by atoms with Crippen LogP contribution >= 0.6 is 0 Å². The topological polar surface area (TPSA) is 76.5 Å². The summed E-state index contributed by atoms with van der Waals surface area (Å²) in [4.78, 5) is 20.0. The Morgan fingerprint density at radius 2 is 1.50 bits per heavy atom. The third-order valence-corrected chi connectivity index (χ3v) is 9.38. The Balaban J connectivity index is 1.40. The van der Waals surface area contributed by atoms with Crippen molar-refractivity contribution in [1.29, 1.82) is 0 Å². The smallest absolute Gasteiger partial charge is 0.320 e.